The highest BCUT2D eigenvalue weighted by Crippen LogP contribution is 2.06. The summed E-state index contributed by atoms with van der Waals surface area (Å²) in [5.41, 5.74) is 5.19. The van der Waals surface area contributed by atoms with Crippen LogP contribution in [0.5, 0.6) is 0 Å². The number of rotatable bonds is 3. The molecule has 0 bridgehead atoms. The fourth-order valence-corrected chi connectivity index (χ4v) is 0.817. The average molecular weight is 187 g/mol. The van der Waals surface area contributed by atoms with Crippen molar-refractivity contribution in [2.24, 2.45) is 0 Å². The Morgan fingerprint density at radius 1 is 1.85 bits per heavy atom. The van der Waals surface area contributed by atoms with Crippen LogP contribution in [0.3, 0.4) is 0 Å². The van der Waals surface area contributed by atoms with E-state index >= 15 is 0 Å². The molecule has 0 aliphatic carbocycles. The lowest BCUT2D eigenvalue weighted by molar-refractivity contribution is -0.141. The van der Waals surface area contributed by atoms with Crippen LogP contribution in [0.4, 0.5) is 10.1 Å². The van der Waals surface area contributed by atoms with Crippen molar-refractivity contribution < 1.29 is 13.9 Å². The first-order valence-electron chi connectivity index (χ1n) is 3.71. The summed E-state index contributed by atoms with van der Waals surface area (Å²) in [6.45, 7) is 1.55. The van der Waals surface area contributed by atoms with Gasteiger partial charge in [0.25, 0.3) is 0 Å². The van der Waals surface area contributed by atoms with Crippen LogP contribution in [0.15, 0.2) is 6.20 Å². The van der Waals surface area contributed by atoms with E-state index in [4.69, 9.17) is 5.73 Å². The molecule has 0 unspecified atom stereocenters. The molecule has 1 aromatic rings. The van der Waals surface area contributed by atoms with Crippen molar-refractivity contribution in [3.8, 4) is 0 Å². The zero-order valence-electron chi connectivity index (χ0n) is 7.16. The number of halogens is 1. The van der Waals surface area contributed by atoms with Crippen molar-refractivity contribution in [2.75, 3.05) is 12.3 Å². The number of nitrogens with zero attached hydrogens (tertiary/aromatic N) is 2. The van der Waals surface area contributed by atoms with Gasteiger partial charge in [-0.3, -0.25) is 4.79 Å². The number of carbonyl (C=O) groups is 1. The third kappa shape index (κ3) is 2.43. The second-order valence-electron chi connectivity index (χ2n) is 2.45. The van der Waals surface area contributed by atoms with Crippen LogP contribution in [0.2, 0.25) is 0 Å². The zero-order valence-corrected chi connectivity index (χ0v) is 7.16. The molecule has 1 rings (SSSR count). The molecule has 5 nitrogen and oxygen atoms in total. The molecule has 0 aliphatic rings. The predicted octanol–water partition coefficient (Wildman–Crippen LogP) is 0.168. The molecule has 0 saturated heterocycles. The molecule has 0 aromatic carbocycles. The first kappa shape index (κ1) is 9.50. The highest BCUT2D eigenvalue weighted by atomic mass is 19.1. The van der Waals surface area contributed by atoms with Crippen LogP contribution in [-0.4, -0.2) is 22.4 Å². The number of hydrogen-bond acceptors (Lipinski definition) is 4. The summed E-state index contributed by atoms with van der Waals surface area (Å²) < 4.78 is 18.6. The SMILES string of the molecule is CC(=O)OCCn1ncc(N)c1F. The molecule has 72 valence electrons. The molecular formula is C7H10FN3O2. The van der Waals surface area contributed by atoms with E-state index < -0.39 is 11.9 Å². The molecular weight excluding hydrogens is 177 g/mol. The van der Waals surface area contributed by atoms with Gasteiger partial charge in [-0.2, -0.15) is 9.49 Å². The van der Waals surface area contributed by atoms with Gasteiger partial charge in [-0.15, -0.1) is 0 Å². The van der Waals surface area contributed by atoms with Crippen LogP contribution < -0.4 is 5.73 Å². The zero-order chi connectivity index (χ0) is 9.84. The highest BCUT2D eigenvalue weighted by molar-refractivity contribution is 5.65. The van der Waals surface area contributed by atoms with E-state index in [1.807, 2.05) is 0 Å². The summed E-state index contributed by atoms with van der Waals surface area (Å²) in [6, 6.07) is 0. The van der Waals surface area contributed by atoms with Gasteiger partial charge in [0.15, 0.2) is 0 Å². The molecule has 6 heteroatoms. The number of carbonyl (C=O) groups excluding carboxylic acids is 1. The lowest BCUT2D eigenvalue weighted by atomic mass is 10.6. The number of ether oxygens (including phenoxy) is 1. The molecule has 0 aliphatic heterocycles. The maximum Gasteiger partial charge on any atom is 0.302 e. The number of nitrogen functional groups attached to an aromatic ring is 1. The van der Waals surface area contributed by atoms with Crippen molar-refractivity contribution in [3.63, 3.8) is 0 Å². The largest absolute Gasteiger partial charge is 0.464 e. The third-order valence-electron chi connectivity index (χ3n) is 1.41. The van der Waals surface area contributed by atoms with Crippen molar-refractivity contribution in [1.82, 2.24) is 9.78 Å². The van der Waals surface area contributed by atoms with Crippen LogP contribution in [-0.2, 0) is 16.1 Å². The number of hydrogen-bond donors (Lipinski definition) is 1. The Hall–Kier alpha value is -1.59. The normalized spacial score (nSPS) is 10.0. The third-order valence-corrected chi connectivity index (χ3v) is 1.41. The minimum atomic E-state index is -0.604. The van der Waals surface area contributed by atoms with E-state index in [0.717, 1.165) is 4.68 Å². The molecule has 0 saturated carbocycles. The monoisotopic (exact) mass is 187 g/mol. The molecule has 1 aromatic heterocycles. The fourth-order valence-electron chi connectivity index (χ4n) is 0.817. The Morgan fingerprint density at radius 3 is 3.00 bits per heavy atom. The molecule has 0 radical (unpaired) electrons. The summed E-state index contributed by atoms with van der Waals surface area (Å²) >= 11 is 0. The van der Waals surface area contributed by atoms with E-state index in [1.165, 1.54) is 13.1 Å². The van der Waals surface area contributed by atoms with Crippen molar-refractivity contribution in [3.05, 3.63) is 12.1 Å². The lowest BCUT2D eigenvalue weighted by Crippen LogP contribution is -2.11. The van der Waals surface area contributed by atoms with Gasteiger partial charge in [0.1, 0.15) is 12.3 Å². The van der Waals surface area contributed by atoms with E-state index in [0.29, 0.717) is 0 Å². The van der Waals surface area contributed by atoms with E-state index in [2.05, 4.69) is 9.84 Å². The van der Waals surface area contributed by atoms with Gasteiger partial charge < -0.3 is 10.5 Å². The quantitative estimate of drug-likeness (QED) is 0.684. The highest BCUT2D eigenvalue weighted by Gasteiger charge is 2.06. The summed E-state index contributed by atoms with van der Waals surface area (Å²) in [5, 5.41) is 3.64. The van der Waals surface area contributed by atoms with Crippen molar-refractivity contribution in [1.29, 1.82) is 0 Å². The number of anilines is 1. The summed E-state index contributed by atoms with van der Waals surface area (Å²) in [6.07, 6.45) is 1.21. The van der Waals surface area contributed by atoms with Crippen molar-refractivity contribution in [2.45, 2.75) is 13.5 Å². The van der Waals surface area contributed by atoms with E-state index in [9.17, 15) is 9.18 Å². The molecule has 1 heterocycles. The minimum Gasteiger partial charge on any atom is -0.464 e. The summed E-state index contributed by atoms with van der Waals surface area (Å²) in [7, 11) is 0. The van der Waals surface area contributed by atoms with Gasteiger partial charge in [0.05, 0.1) is 12.7 Å². The van der Waals surface area contributed by atoms with Gasteiger partial charge in [0.2, 0.25) is 5.95 Å². The van der Waals surface area contributed by atoms with Crippen LogP contribution >= 0.6 is 0 Å². The van der Waals surface area contributed by atoms with Gasteiger partial charge in [0, 0.05) is 6.92 Å². The summed E-state index contributed by atoms with van der Waals surface area (Å²) in [5.74, 6) is -1.01. The second-order valence-corrected chi connectivity index (χ2v) is 2.45. The van der Waals surface area contributed by atoms with Gasteiger partial charge >= 0.3 is 5.97 Å². The molecule has 0 fully saturated rings. The van der Waals surface area contributed by atoms with Gasteiger partial charge in [-0.25, -0.2) is 4.68 Å². The van der Waals surface area contributed by atoms with Crippen LogP contribution in [0, 0.1) is 5.95 Å². The Kier molecular flexibility index (Phi) is 2.84. The van der Waals surface area contributed by atoms with E-state index in [1.54, 1.807) is 0 Å². The first-order chi connectivity index (χ1) is 6.11. The average Bonchev–Trinajstić information content (AvgIpc) is 2.35. The fraction of sp³-hybridized carbons (Fsp3) is 0.429. The molecule has 0 spiro atoms. The Labute approximate surface area is 74.3 Å². The van der Waals surface area contributed by atoms with Crippen LogP contribution in [0.1, 0.15) is 6.92 Å². The minimum absolute atomic E-state index is 0.0113. The topological polar surface area (TPSA) is 70.1 Å². The second kappa shape index (κ2) is 3.88. The Morgan fingerprint density at radius 2 is 2.54 bits per heavy atom. The Balaban J connectivity index is 2.45. The maximum absolute atomic E-state index is 12.9. The molecule has 2 N–H and O–H groups in total. The molecule has 13 heavy (non-hydrogen) atoms. The first-order valence-corrected chi connectivity index (χ1v) is 3.71. The van der Waals surface area contributed by atoms with Crippen LogP contribution in [0.25, 0.3) is 0 Å². The smallest absolute Gasteiger partial charge is 0.302 e. The van der Waals surface area contributed by atoms with Gasteiger partial charge in [-0.05, 0) is 0 Å². The van der Waals surface area contributed by atoms with Gasteiger partial charge in [-0.1, -0.05) is 0 Å². The number of nitrogens with two attached hydrogens (primary N) is 1. The number of esters is 1. The Bertz CT molecular complexity index is 311. The molecule has 0 atom stereocenters. The number of aromatic nitrogens is 2. The standard InChI is InChI=1S/C7H10FN3O2/c1-5(12)13-3-2-11-7(8)6(9)4-10-11/h4H,2-3,9H2,1H3. The van der Waals surface area contributed by atoms with Crippen molar-refractivity contribution >= 4 is 11.7 Å². The summed E-state index contributed by atoms with van der Waals surface area (Å²) in [4.78, 5) is 10.4. The van der Waals surface area contributed by atoms with E-state index in [-0.39, 0.29) is 18.8 Å². The molecule has 0 amide bonds. The predicted molar refractivity (Wildman–Crippen MR) is 43.2 cm³/mol. The maximum atomic E-state index is 12.9. The lowest BCUT2D eigenvalue weighted by Gasteiger charge is -2.02.